The van der Waals surface area contributed by atoms with Crippen LogP contribution in [-0.2, 0) is 0 Å². The third-order valence-electron chi connectivity index (χ3n) is 3.03. The van der Waals surface area contributed by atoms with Gasteiger partial charge in [-0.3, -0.25) is 0 Å². The van der Waals surface area contributed by atoms with Crippen molar-refractivity contribution in [2.24, 2.45) is 0 Å². The Hall–Kier alpha value is -2.10. The Morgan fingerprint density at radius 2 is 1.95 bits per heavy atom. The molecular weight excluding hydrogens is 250 g/mol. The van der Waals surface area contributed by atoms with Gasteiger partial charge in [0, 0.05) is 17.7 Å². The molecule has 0 spiro atoms. The summed E-state index contributed by atoms with van der Waals surface area (Å²) in [6.07, 6.45) is 2.58. The first-order valence-corrected chi connectivity index (χ1v) is 7.05. The fourth-order valence-electron chi connectivity index (χ4n) is 2.07. The van der Waals surface area contributed by atoms with Gasteiger partial charge in [-0.25, -0.2) is 9.97 Å². The highest BCUT2D eigenvalue weighted by Crippen LogP contribution is 2.32. The summed E-state index contributed by atoms with van der Waals surface area (Å²) in [5.74, 6) is 1.75. The number of benzene rings is 1. The van der Waals surface area contributed by atoms with Gasteiger partial charge in [0.15, 0.2) is 0 Å². The summed E-state index contributed by atoms with van der Waals surface area (Å²) in [5.41, 5.74) is 2.98. The van der Waals surface area contributed by atoms with Gasteiger partial charge in [-0.2, -0.15) is 0 Å². The molecule has 4 heteroatoms. The molecule has 20 heavy (non-hydrogen) atoms. The highest BCUT2D eigenvalue weighted by Gasteiger charge is 2.12. The fourth-order valence-corrected chi connectivity index (χ4v) is 2.07. The van der Waals surface area contributed by atoms with Gasteiger partial charge in [-0.05, 0) is 32.4 Å². The van der Waals surface area contributed by atoms with Crippen LogP contribution in [0.15, 0.2) is 30.6 Å². The number of rotatable bonds is 6. The van der Waals surface area contributed by atoms with Gasteiger partial charge in [0.25, 0.3) is 0 Å². The fraction of sp³-hybridized carbons (Fsp3) is 0.375. The lowest BCUT2D eigenvalue weighted by molar-refractivity contribution is 0.318. The van der Waals surface area contributed by atoms with E-state index in [-0.39, 0.29) is 0 Å². The molecular formula is C16H21N3O. The van der Waals surface area contributed by atoms with E-state index in [1.807, 2.05) is 31.2 Å². The standard InChI is InChI=1S/C16H21N3O/c1-4-10-20-14-9-7-6-8-13(14)15-12(3)16(17-5-2)19-11-18-15/h6-9,11H,4-5,10H2,1-3H3,(H,17,18,19). The lowest BCUT2D eigenvalue weighted by atomic mass is 10.1. The Morgan fingerprint density at radius 1 is 1.15 bits per heavy atom. The van der Waals surface area contributed by atoms with Gasteiger partial charge in [-0.15, -0.1) is 0 Å². The van der Waals surface area contributed by atoms with Gasteiger partial charge in [0.05, 0.1) is 12.3 Å². The highest BCUT2D eigenvalue weighted by atomic mass is 16.5. The van der Waals surface area contributed by atoms with Gasteiger partial charge >= 0.3 is 0 Å². The summed E-state index contributed by atoms with van der Waals surface area (Å²) in [6, 6.07) is 8.01. The van der Waals surface area contributed by atoms with E-state index in [0.29, 0.717) is 6.61 Å². The summed E-state index contributed by atoms with van der Waals surface area (Å²) < 4.78 is 5.81. The van der Waals surface area contributed by atoms with Crippen molar-refractivity contribution in [3.63, 3.8) is 0 Å². The SMILES string of the molecule is CCCOc1ccccc1-c1ncnc(NCC)c1C. The second-order valence-electron chi connectivity index (χ2n) is 4.57. The molecule has 1 N–H and O–H groups in total. The van der Waals surface area contributed by atoms with Gasteiger partial charge in [-0.1, -0.05) is 19.1 Å². The largest absolute Gasteiger partial charge is 0.493 e. The minimum Gasteiger partial charge on any atom is -0.493 e. The molecule has 0 radical (unpaired) electrons. The molecule has 0 aliphatic carbocycles. The Bertz CT molecular complexity index is 569. The summed E-state index contributed by atoms with van der Waals surface area (Å²) in [7, 11) is 0. The molecule has 1 aromatic heterocycles. The van der Waals surface area contributed by atoms with Crippen molar-refractivity contribution in [1.82, 2.24) is 9.97 Å². The van der Waals surface area contributed by atoms with Crippen molar-refractivity contribution >= 4 is 5.82 Å². The molecule has 0 unspecified atom stereocenters. The number of aromatic nitrogens is 2. The van der Waals surface area contributed by atoms with Crippen molar-refractivity contribution in [3.8, 4) is 17.0 Å². The molecule has 0 bridgehead atoms. The van der Waals surface area contributed by atoms with Crippen molar-refractivity contribution in [3.05, 3.63) is 36.2 Å². The normalized spacial score (nSPS) is 10.3. The second kappa shape index (κ2) is 6.89. The van der Waals surface area contributed by atoms with Crippen molar-refractivity contribution in [2.75, 3.05) is 18.5 Å². The lowest BCUT2D eigenvalue weighted by Crippen LogP contribution is -2.04. The molecule has 0 fully saturated rings. The number of para-hydroxylation sites is 1. The average Bonchev–Trinajstić information content (AvgIpc) is 2.48. The molecule has 1 heterocycles. The van der Waals surface area contributed by atoms with E-state index in [1.54, 1.807) is 6.33 Å². The third-order valence-corrected chi connectivity index (χ3v) is 3.03. The Morgan fingerprint density at radius 3 is 2.70 bits per heavy atom. The predicted octanol–water partition coefficient (Wildman–Crippen LogP) is 3.67. The van der Waals surface area contributed by atoms with Crippen LogP contribution >= 0.6 is 0 Å². The van der Waals surface area contributed by atoms with Crippen LogP contribution in [0.5, 0.6) is 5.75 Å². The minimum absolute atomic E-state index is 0.710. The first-order valence-electron chi connectivity index (χ1n) is 7.05. The molecule has 0 aliphatic heterocycles. The molecule has 106 valence electrons. The van der Waals surface area contributed by atoms with Crippen molar-refractivity contribution in [2.45, 2.75) is 27.2 Å². The lowest BCUT2D eigenvalue weighted by Gasteiger charge is -2.14. The van der Waals surface area contributed by atoms with Crippen LogP contribution in [0.25, 0.3) is 11.3 Å². The zero-order valence-corrected chi connectivity index (χ0v) is 12.3. The smallest absolute Gasteiger partial charge is 0.132 e. The van der Waals surface area contributed by atoms with E-state index in [4.69, 9.17) is 4.74 Å². The number of hydrogen-bond donors (Lipinski definition) is 1. The molecule has 0 amide bonds. The zero-order valence-electron chi connectivity index (χ0n) is 12.3. The first kappa shape index (κ1) is 14.3. The van der Waals surface area contributed by atoms with E-state index in [0.717, 1.165) is 41.4 Å². The van der Waals surface area contributed by atoms with E-state index >= 15 is 0 Å². The summed E-state index contributed by atoms with van der Waals surface area (Å²) >= 11 is 0. The number of nitrogens with one attached hydrogen (secondary N) is 1. The molecule has 2 aromatic rings. The van der Waals surface area contributed by atoms with E-state index in [1.165, 1.54) is 0 Å². The van der Waals surface area contributed by atoms with Gasteiger partial charge in [0.1, 0.15) is 17.9 Å². The van der Waals surface area contributed by atoms with Crippen LogP contribution in [0.4, 0.5) is 5.82 Å². The van der Waals surface area contributed by atoms with Gasteiger partial charge in [0.2, 0.25) is 0 Å². The molecule has 0 atom stereocenters. The van der Waals surface area contributed by atoms with Crippen LogP contribution in [0.1, 0.15) is 25.8 Å². The van der Waals surface area contributed by atoms with E-state index in [2.05, 4.69) is 29.1 Å². The van der Waals surface area contributed by atoms with Crippen LogP contribution in [0.2, 0.25) is 0 Å². The zero-order chi connectivity index (χ0) is 14.4. The van der Waals surface area contributed by atoms with E-state index in [9.17, 15) is 0 Å². The third kappa shape index (κ3) is 3.07. The first-order chi connectivity index (χ1) is 9.77. The van der Waals surface area contributed by atoms with Crippen molar-refractivity contribution < 1.29 is 4.74 Å². The Balaban J connectivity index is 2.43. The molecule has 2 rings (SSSR count). The van der Waals surface area contributed by atoms with Crippen molar-refractivity contribution in [1.29, 1.82) is 0 Å². The molecule has 0 aliphatic rings. The summed E-state index contributed by atoms with van der Waals surface area (Å²) in [6.45, 7) is 7.73. The van der Waals surface area contributed by atoms with Crippen LogP contribution in [0.3, 0.4) is 0 Å². The quantitative estimate of drug-likeness (QED) is 0.870. The van der Waals surface area contributed by atoms with Crippen LogP contribution < -0.4 is 10.1 Å². The predicted molar refractivity (Wildman–Crippen MR) is 82.2 cm³/mol. The number of hydrogen-bond acceptors (Lipinski definition) is 4. The van der Waals surface area contributed by atoms with Gasteiger partial charge < -0.3 is 10.1 Å². The van der Waals surface area contributed by atoms with Crippen LogP contribution in [0, 0.1) is 6.92 Å². The second-order valence-corrected chi connectivity index (χ2v) is 4.57. The number of ether oxygens (including phenoxy) is 1. The highest BCUT2D eigenvalue weighted by molar-refractivity contribution is 5.73. The summed E-state index contributed by atoms with van der Waals surface area (Å²) in [4.78, 5) is 8.71. The van der Waals surface area contributed by atoms with E-state index < -0.39 is 0 Å². The Kier molecular flexibility index (Phi) is 4.93. The summed E-state index contributed by atoms with van der Waals surface area (Å²) in [5, 5.41) is 3.26. The maximum Gasteiger partial charge on any atom is 0.132 e. The monoisotopic (exact) mass is 271 g/mol. The maximum atomic E-state index is 5.81. The number of anilines is 1. The number of nitrogens with zero attached hydrogens (tertiary/aromatic N) is 2. The topological polar surface area (TPSA) is 47.0 Å². The Labute approximate surface area is 120 Å². The molecule has 4 nitrogen and oxygen atoms in total. The van der Waals surface area contributed by atoms with Crippen LogP contribution in [-0.4, -0.2) is 23.1 Å². The average molecular weight is 271 g/mol. The maximum absolute atomic E-state index is 5.81. The minimum atomic E-state index is 0.710. The molecule has 1 aromatic carbocycles. The molecule has 0 saturated heterocycles. The molecule has 0 saturated carbocycles.